The van der Waals surface area contributed by atoms with E-state index in [1.54, 1.807) is 0 Å². The van der Waals surface area contributed by atoms with Crippen LogP contribution in [0, 0.1) is 25.7 Å². The predicted molar refractivity (Wildman–Crippen MR) is 122 cm³/mol. The molecule has 136 valence electrons. The molecule has 1 nitrogen and oxygen atoms in total. The summed E-state index contributed by atoms with van der Waals surface area (Å²) >= 11 is 3.56. The van der Waals surface area contributed by atoms with Gasteiger partial charge in [0.05, 0.1) is 11.2 Å². The van der Waals surface area contributed by atoms with Crippen LogP contribution in [0.1, 0.15) is 22.3 Å². The molecule has 0 aliphatic heterocycles. The van der Waals surface area contributed by atoms with Crippen molar-refractivity contribution in [3.8, 4) is 11.8 Å². The van der Waals surface area contributed by atoms with Crippen LogP contribution in [0.2, 0.25) is 0 Å². The Kier molecular flexibility index (Phi) is 5.19. The SMILES string of the molecule is Cc1ccc(C#C/C=C(/c2ccc(C)cc2)n2ccc3cc(Br)ccc32)cc1. The van der Waals surface area contributed by atoms with Crippen LogP contribution in [0.15, 0.2) is 89.5 Å². The zero-order valence-electron chi connectivity index (χ0n) is 15.9. The second-order valence-corrected chi connectivity index (χ2v) is 7.84. The van der Waals surface area contributed by atoms with Crippen LogP contribution >= 0.6 is 15.9 Å². The highest BCUT2D eigenvalue weighted by molar-refractivity contribution is 9.10. The largest absolute Gasteiger partial charge is 0.315 e. The predicted octanol–water partition coefficient (Wildman–Crippen LogP) is 6.96. The summed E-state index contributed by atoms with van der Waals surface area (Å²) in [5.74, 6) is 6.51. The van der Waals surface area contributed by atoms with Crippen molar-refractivity contribution in [1.29, 1.82) is 0 Å². The molecule has 28 heavy (non-hydrogen) atoms. The van der Waals surface area contributed by atoms with Crippen LogP contribution in [0.5, 0.6) is 0 Å². The molecular weight excluding hydrogens is 406 g/mol. The number of hydrogen-bond acceptors (Lipinski definition) is 0. The molecule has 0 spiro atoms. The highest BCUT2D eigenvalue weighted by Crippen LogP contribution is 2.27. The third-order valence-corrected chi connectivity index (χ3v) is 5.23. The van der Waals surface area contributed by atoms with E-state index in [1.165, 1.54) is 16.5 Å². The zero-order valence-corrected chi connectivity index (χ0v) is 17.5. The van der Waals surface area contributed by atoms with Crippen LogP contribution < -0.4 is 0 Å². The van der Waals surface area contributed by atoms with Crippen LogP contribution in [-0.4, -0.2) is 4.57 Å². The number of allylic oxidation sites excluding steroid dienone is 1. The van der Waals surface area contributed by atoms with Gasteiger partial charge >= 0.3 is 0 Å². The smallest absolute Gasteiger partial charge is 0.0611 e. The number of benzene rings is 3. The van der Waals surface area contributed by atoms with Crippen LogP contribution in [0.25, 0.3) is 16.6 Å². The first-order valence-electron chi connectivity index (χ1n) is 9.22. The van der Waals surface area contributed by atoms with E-state index in [2.05, 4.69) is 125 Å². The molecule has 4 aromatic rings. The Morgan fingerprint density at radius 3 is 2.25 bits per heavy atom. The molecule has 2 heteroatoms. The third-order valence-electron chi connectivity index (χ3n) is 4.74. The minimum absolute atomic E-state index is 1.02. The lowest BCUT2D eigenvalue weighted by Gasteiger charge is -2.11. The normalized spacial score (nSPS) is 11.3. The topological polar surface area (TPSA) is 4.93 Å². The van der Waals surface area contributed by atoms with Gasteiger partial charge in [-0.15, -0.1) is 0 Å². The number of fused-ring (bicyclic) bond motifs is 1. The lowest BCUT2D eigenvalue weighted by atomic mass is 10.1. The minimum Gasteiger partial charge on any atom is -0.315 e. The van der Waals surface area contributed by atoms with Crippen molar-refractivity contribution in [2.45, 2.75) is 13.8 Å². The number of halogens is 1. The maximum atomic E-state index is 3.56. The molecule has 0 fully saturated rings. The van der Waals surface area contributed by atoms with Gasteiger partial charge < -0.3 is 4.57 Å². The molecule has 1 heterocycles. The van der Waals surface area contributed by atoms with Gasteiger partial charge in [0.2, 0.25) is 0 Å². The first kappa shape index (κ1) is 18.3. The molecule has 0 aliphatic rings. The van der Waals surface area contributed by atoms with Crippen LogP contribution in [0.4, 0.5) is 0 Å². The molecule has 0 radical (unpaired) electrons. The van der Waals surface area contributed by atoms with E-state index in [4.69, 9.17) is 0 Å². The average molecular weight is 426 g/mol. The molecule has 0 saturated heterocycles. The van der Waals surface area contributed by atoms with Gasteiger partial charge in [0, 0.05) is 27.7 Å². The molecule has 0 amide bonds. The number of aryl methyl sites for hydroxylation is 2. The monoisotopic (exact) mass is 425 g/mol. The van der Waals surface area contributed by atoms with E-state index < -0.39 is 0 Å². The summed E-state index contributed by atoms with van der Waals surface area (Å²) in [7, 11) is 0. The molecule has 3 aromatic carbocycles. The molecule has 0 aliphatic carbocycles. The Balaban J connectivity index is 1.82. The Bertz CT molecular complexity index is 1210. The van der Waals surface area contributed by atoms with Crippen molar-refractivity contribution in [2.75, 3.05) is 0 Å². The van der Waals surface area contributed by atoms with Crippen molar-refractivity contribution in [3.63, 3.8) is 0 Å². The van der Waals surface area contributed by atoms with Gasteiger partial charge in [-0.2, -0.15) is 0 Å². The second kappa shape index (κ2) is 7.92. The number of rotatable bonds is 2. The summed E-state index contributed by atoms with van der Waals surface area (Å²) in [6.45, 7) is 4.19. The molecule has 0 N–H and O–H groups in total. The molecule has 1 aromatic heterocycles. The van der Waals surface area contributed by atoms with Gasteiger partial charge in [0.1, 0.15) is 0 Å². The van der Waals surface area contributed by atoms with Crippen LogP contribution in [0.3, 0.4) is 0 Å². The quantitative estimate of drug-likeness (QED) is 0.305. The lowest BCUT2D eigenvalue weighted by Crippen LogP contribution is -1.97. The Labute approximate surface area is 174 Å². The highest BCUT2D eigenvalue weighted by Gasteiger charge is 2.08. The lowest BCUT2D eigenvalue weighted by molar-refractivity contribution is 1.16. The van der Waals surface area contributed by atoms with Crippen molar-refractivity contribution >= 4 is 32.5 Å². The van der Waals surface area contributed by atoms with Gasteiger partial charge in [-0.1, -0.05) is 75.3 Å². The van der Waals surface area contributed by atoms with E-state index in [-0.39, 0.29) is 0 Å². The standard InChI is InChI=1S/C26H20BrN/c1-19-6-10-21(11-7-19)4-3-5-25(22-12-8-20(2)9-13-22)28-17-16-23-18-24(27)14-15-26(23)28/h5-18H,1-2H3/b25-5-. The summed E-state index contributed by atoms with van der Waals surface area (Å²) in [5.41, 5.74) is 6.88. The molecule has 0 unspecified atom stereocenters. The Morgan fingerprint density at radius 2 is 1.54 bits per heavy atom. The molecule has 0 atom stereocenters. The van der Waals surface area contributed by atoms with Gasteiger partial charge in [-0.25, -0.2) is 0 Å². The molecule has 0 saturated carbocycles. The third kappa shape index (κ3) is 3.96. The first-order chi connectivity index (χ1) is 13.6. The first-order valence-corrected chi connectivity index (χ1v) is 10.0. The van der Waals surface area contributed by atoms with E-state index in [0.717, 1.165) is 26.8 Å². The summed E-state index contributed by atoms with van der Waals surface area (Å²) in [4.78, 5) is 0. The van der Waals surface area contributed by atoms with Crippen LogP contribution in [-0.2, 0) is 0 Å². The minimum atomic E-state index is 1.02. The maximum absolute atomic E-state index is 3.56. The maximum Gasteiger partial charge on any atom is 0.0611 e. The fraction of sp³-hybridized carbons (Fsp3) is 0.0769. The summed E-state index contributed by atoms with van der Waals surface area (Å²) in [5, 5.41) is 1.19. The molecular formula is C26H20BrN. The van der Waals surface area contributed by atoms with E-state index in [9.17, 15) is 0 Å². The van der Waals surface area contributed by atoms with Crippen molar-refractivity contribution in [2.24, 2.45) is 0 Å². The summed E-state index contributed by atoms with van der Waals surface area (Å²) < 4.78 is 3.29. The van der Waals surface area contributed by atoms with E-state index in [0.29, 0.717) is 0 Å². The van der Waals surface area contributed by atoms with E-state index in [1.807, 2.05) is 6.08 Å². The molecule has 0 bridgehead atoms. The van der Waals surface area contributed by atoms with Crippen molar-refractivity contribution < 1.29 is 0 Å². The number of nitrogens with zero attached hydrogens (tertiary/aromatic N) is 1. The highest BCUT2D eigenvalue weighted by atomic mass is 79.9. The molecule has 4 rings (SSSR count). The zero-order chi connectivity index (χ0) is 19.5. The second-order valence-electron chi connectivity index (χ2n) is 6.92. The number of hydrogen-bond donors (Lipinski definition) is 0. The summed E-state index contributed by atoms with van der Waals surface area (Å²) in [6, 6.07) is 25.4. The van der Waals surface area contributed by atoms with Crippen molar-refractivity contribution in [1.82, 2.24) is 4.57 Å². The van der Waals surface area contributed by atoms with Crippen molar-refractivity contribution in [3.05, 3.63) is 112 Å². The van der Waals surface area contributed by atoms with Gasteiger partial charge in [0.25, 0.3) is 0 Å². The van der Waals surface area contributed by atoms with Gasteiger partial charge in [-0.05, 0) is 55.8 Å². The van der Waals surface area contributed by atoms with Gasteiger partial charge in [-0.3, -0.25) is 0 Å². The summed E-state index contributed by atoms with van der Waals surface area (Å²) in [6.07, 6.45) is 4.11. The number of aromatic nitrogens is 1. The Hall–Kier alpha value is -3.02. The fourth-order valence-electron chi connectivity index (χ4n) is 3.16. The van der Waals surface area contributed by atoms with E-state index >= 15 is 0 Å². The van der Waals surface area contributed by atoms with Gasteiger partial charge in [0.15, 0.2) is 0 Å². The fourth-order valence-corrected chi connectivity index (χ4v) is 3.54. The average Bonchev–Trinajstić information content (AvgIpc) is 3.10. The Morgan fingerprint density at radius 1 is 0.857 bits per heavy atom.